The fourth-order valence-electron chi connectivity index (χ4n) is 4.20. The van der Waals surface area contributed by atoms with E-state index < -0.39 is 21.8 Å². The second-order valence-corrected chi connectivity index (χ2v) is 10.5. The van der Waals surface area contributed by atoms with E-state index in [-0.39, 0.29) is 23.3 Å². The third-order valence-corrected chi connectivity index (χ3v) is 8.44. The van der Waals surface area contributed by atoms with Crippen LogP contribution in [0.4, 0.5) is 10.1 Å². The van der Waals surface area contributed by atoms with Crippen molar-refractivity contribution in [3.63, 3.8) is 0 Å². The Kier molecular flexibility index (Phi) is 8.09. The van der Waals surface area contributed by atoms with Crippen LogP contribution < -0.4 is 5.32 Å². The number of benzene rings is 2. The molecule has 0 saturated carbocycles. The van der Waals surface area contributed by atoms with Gasteiger partial charge in [0.2, 0.25) is 15.9 Å². The molecule has 34 heavy (non-hydrogen) atoms. The highest BCUT2D eigenvalue weighted by Gasteiger charge is 2.30. The molecule has 1 aliphatic heterocycles. The van der Waals surface area contributed by atoms with E-state index in [4.69, 9.17) is 0 Å². The molecule has 0 radical (unpaired) electrons. The maximum Gasteiger partial charge on any atom is 0.253 e. The van der Waals surface area contributed by atoms with Gasteiger partial charge in [0.05, 0.1) is 10.8 Å². The van der Waals surface area contributed by atoms with Gasteiger partial charge in [0.25, 0.3) is 5.91 Å². The molecule has 0 bridgehead atoms. The molecule has 184 valence electrons. The third-order valence-electron chi connectivity index (χ3n) is 6.41. The average molecular weight is 490 g/mol. The average Bonchev–Trinajstić information content (AvgIpc) is 2.82. The van der Waals surface area contributed by atoms with Gasteiger partial charge in [0, 0.05) is 37.4 Å². The molecule has 1 heterocycles. The zero-order valence-electron chi connectivity index (χ0n) is 20.1. The molecule has 3 rings (SSSR count). The highest BCUT2D eigenvalue weighted by atomic mass is 32.2. The van der Waals surface area contributed by atoms with Crippen LogP contribution in [0.25, 0.3) is 0 Å². The zero-order valence-corrected chi connectivity index (χ0v) is 20.9. The first-order valence-corrected chi connectivity index (χ1v) is 13.0. The topological polar surface area (TPSA) is 86.8 Å². The molecule has 1 fully saturated rings. The number of carbonyl (C=O) groups is 2. The van der Waals surface area contributed by atoms with E-state index in [1.807, 2.05) is 13.8 Å². The third kappa shape index (κ3) is 5.47. The quantitative estimate of drug-likeness (QED) is 0.638. The monoisotopic (exact) mass is 489 g/mol. The van der Waals surface area contributed by atoms with Crippen LogP contribution in [0.5, 0.6) is 0 Å². The number of hydrogen-bond acceptors (Lipinski definition) is 4. The fourth-order valence-corrected chi connectivity index (χ4v) is 5.77. The Bertz CT molecular complexity index is 1160. The summed E-state index contributed by atoms with van der Waals surface area (Å²) in [6.07, 6.45) is 1.29. The van der Waals surface area contributed by atoms with Crippen LogP contribution in [0.3, 0.4) is 0 Å². The van der Waals surface area contributed by atoms with Gasteiger partial charge in [-0.2, -0.15) is 4.31 Å². The van der Waals surface area contributed by atoms with Crippen molar-refractivity contribution in [1.29, 1.82) is 0 Å². The molecule has 9 heteroatoms. The highest BCUT2D eigenvalue weighted by Crippen LogP contribution is 2.28. The minimum atomic E-state index is -3.67. The summed E-state index contributed by atoms with van der Waals surface area (Å²) < 4.78 is 40.6. The van der Waals surface area contributed by atoms with E-state index in [0.29, 0.717) is 43.7 Å². The molecule has 1 atom stereocenters. The van der Waals surface area contributed by atoms with Crippen molar-refractivity contribution in [1.82, 2.24) is 9.21 Å². The summed E-state index contributed by atoms with van der Waals surface area (Å²) in [6, 6.07) is 8.50. The molecular weight excluding hydrogens is 457 g/mol. The molecular formula is C25H32FN3O4S. The van der Waals surface area contributed by atoms with E-state index in [1.54, 1.807) is 24.8 Å². The van der Waals surface area contributed by atoms with Gasteiger partial charge < -0.3 is 10.2 Å². The lowest BCUT2D eigenvalue weighted by molar-refractivity contribution is -0.121. The Labute approximate surface area is 201 Å². The smallest absolute Gasteiger partial charge is 0.253 e. The number of likely N-dealkylation sites (tertiary alicyclic amines) is 1. The number of rotatable bonds is 7. The number of halogens is 1. The SMILES string of the molecule is CCN(CC)S(=O)(=O)c1cc(C)c(C)c(NC(=O)C2CCCN(C(=O)c3ccc(F)cc3)C2)c1. The summed E-state index contributed by atoms with van der Waals surface area (Å²) in [7, 11) is -3.67. The van der Waals surface area contributed by atoms with Crippen molar-refractivity contribution < 1.29 is 22.4 Å². The lowest BCUT2D eigenvalue weighted by atomic mass is 9.96. The van der Waals surface area contributed by atoms with Crippen LogP contribution in [-0.2, 0) is 14.8 Å². The normalized spacial score (nSPS) is 16.5. The molecule has 7 nitrogen and oxygen atoms in total. The second-order valence-electron chi connectivity index (χ2n) is 8.59. The number of nitrogens with one attached hydrogen (secondary N) is 1. The van der Waals surface area contributed by atoms with Crippen LogP contribution in [0, 0.1) is 25.6 Å². The molecule has 1 N–H and O–H groups in total. The Morgan fingerprint density at radius 1 is 1.12 bits per heavy atom. The van der Waals surface area contributed by atoms with E-state index in [0.717, 1.165) is 11.1 Å². The molecule has 1 unspecified atom stereocenters. The van der Waals surface area contributed by atoms with Gasteiger partial charge in [-0.15, -0.1) is 0 Å². The van der Waals surface area contributed by atoms with Crippen molar-refractivity contribution in [3.8, 4) is 0 Å². The summed E-state index contributed by atoms with van der Waals surface area (Å²) in [4.78, 5) is 27.7. The first-order valence-electron chi connectivity index (χ1n) is 11.6. The lowest BCUT2D eigenvalue weighted by Gasteiger charge is -2.32. The number of sulfonamides is 1. The van der Waals surface area contributed by atoms with Crippen LogP contribution in [-0.4, -0.2) is 55.6 Å². The Balaban J connectivity index is 1.79. The molecule has 0 aromatic heterocycles. The molecule has 1 aliphatic rings. The Morgan fingerprint density at radius 3 is 2.38 bits per heavy atom. The predicted octanol–water partition coefficient (Wildman–Crippen LogP) is 3.96. The summed E-state index contributed by atoms with van der Waals surface area (Å²) in [6.45, 7) is 8.70. The minimum absolute atomic E-state index is 0.145. The molecule has 2 aromatic rings. The van der Waals surface area contributed by atoms with Crippen molar-refractivity contribution in [2.75, 3.05) is 31.5 Å². The van der Waals surface area contributed by atoms with E-state index in [9.17, 15) is 22.4 Å². The molecule has 2 amide bonds. The maximum atomic E-state index is 13.2. The maximum absolute atomic E-state index is 13.2. The van der Waals surface area contributed by atoms with Crippen LogP contribution >= 0.6 is 0 Å². The Morgan fingerprint density at radius 2 is 1.76 bits per heavy atom. The van der Waals surface area contributed by atoms with Crippen LogP contribution in [0.1, 0.15) is 48.2 Å². The number of piperidine rings is 1. The molecule has 1 saturated heterocycles. The minimum Gasteiger partial charge on any atom is -0.338 e. The molecule has 2 aromatic carbocycles. The van der Waals surface area contributed by atoms with Gasteiger partial charge in [-0.3, -0.25) is 9.59 Å². The van der Waals surface area contributed by atoms with Crippen molar-refractivity contribution >= 4 is 27.5 Å². The highest BCUT2D eigenvalue weighted by molar-refractivity contribution is 7.89. The largest absolute Gasteiger partial charge is 0.338 e. The van der Waals surface area contributed by atoms with Gasteiger partial charge in [-0.25, -0.2) is 12.8 Å². The van der Waals surface area contributed by atoms with Gasteiger partial charge in [-0.1, -0.05) is 13.8 Å². The first-order chi connectivity index (χ1) is 16.1. The number of nitrogens with zero attached hydrogens (tertiary/aromatic N) is 2. The van der Waals surface area contributed by atoms with Gasteiger partial charge in [-0.05, 0) is 74.2 Å². The zero-order chi connectivity index (χ0) is 25.0. The summed E-state index contributed by atoms with van der Waals surface area (Å²) in [5.41, 5.74) is 2.39. The van der Waals surface area contributed by atoms with Crippen LogP contribution in [0.2, 0.25) is 0 Å². The van der Waals surface area contributed by atoms with Crippen LogP contribution in [0.15, 0.2) is 41.3 Å². The number of amides is 2. The summed E-state index contributed by atoms with van der Waals surface area (Å²) in [5, 5.41) is 2.91. The van der Waals surface area contributed by atoms with Crippen molar-refractivity contribution in [3.05, 3.63) is 58.9 Å². The van der Waals surface area contributed by atoms with E-state index >= 15 is 0 Å². The van der Waals surface area contributed by atoms with Crippen molar-refractivity contribution in [2.24, 2.45) is 5.92 Å². The standard InChI is InChI=1S/C25H32FN3O4S/c1-5-29(6-2)34(32,33)22-14-17(3)18(4)23(15-22)27-24(30)20-8-7-13-28(16-20)25(31)19-9-11-21(26)12-10-19/h9-12,14-15,20H,5-8,13,16H2,1-4H3,(H,27,30). The van der Waals surface area contributed by atoms with Gasteiger partial charge in [0.1, 0.15) is 5.82 Å². The number of hydrogen-bond donors (Lipinski definition) is 1. The molecule has 0 aliphatic carbocycles. The number of anilines is 1. The summed E-state index contributed by atoms with van der Waals surface area (Å²) in [5.74, 6) is -1.34. The number of aryl methyl sites for hydroxylation is 1. The lowest BCUT2D eigenvalue weighted by Crippen LogP contribution is -2.43. The molecule has 0 spiro atoms. The van der Waals surface area contributed by atoms with E-state index in [1.165, 1.54) is 34.6 Å². The summed E-state index contributed by atoms with van der Waals surface area (Å²) >= 11 is 0. The predicted molar refractivity (Wildman–Crippen MR) is 130 cm³/mol. The van der Waals surface area contributed by atoms with Gasteiger partial charge in [0.15, 0.2) is 0 Å². The second kappa shape index (κ2) is 10.7. The van der Waals surface area contributed by atoms with Crippen molar-refractivity contribution in [2.45, 2.75) is 45.4 Å². The first kappa shape index (κ1) is 25.8. The number of carbonyl (C=O) groups excluding carboxylic acids is 2. The Hall–Kier alpha value is -2.78. The van der Waals surface area contributed by atoms with Gasteiger partial charge >= 0.3 is 0 Å². The van der Waals surface area contributed by atoms with E-state index in [2.05, 4.69) is 5.32 Å². The fraction of sp³-hybridized carbons (Fsp3) is 0.440.